The molecule has 0 aliphatic heterocycles. The minimum Gasteiger partial charge on any atom is -0.398 e. The zero-order chi connectivity index (χ0) is 13.9. The van der Waals surface area contributed by atoms with Gasteiger partial charge in [-0.05, 0) is 23.8 Å². The van der Waals surface area contributed by atoms with Gasteiger partial charge in [0.05, 0.1) is 5.52 Å². The molecule has 100 valence electrons. The summed E-state index contributed by atoms with van der Waals surface area (Å²) >= 11 is 5.21. The quantitative estimate of drug-likeness (QED) is 0.437. The monoisotopic (exact) mass is 345 g/mol. The Morgan fingerprint density at radius 3 is 2.75 bits per heavy atom. The first-order chi connectivity index (χ1) is 9.75. The number of nitrogens with zero attached hydrogens (tertiary/aromatic N) is 2. The minimum atomic E-state index is 0.772. The molecule has 1 heterocycles. The van der Waals surface area contributed by atoms with Gasteiger partial charge in [-0.2, -0.15) is 0 Å². The van der Waals surface area contributed by atoms with Crippen LogP contribution in [0.25, 0.3) is 10.9 Å². The van der Waals surface area contributed by atoms with E-state index >= 15 is 0 Å². The highest BCUT2D eigenvalue weighted by Gasteiger charge is 2.08. The number of nitrogen functional groups attached to an aromatic ring is 1. The maximum atomic E-state index is 6.02. The highest BCUT2D eigenvalue weighted by Crippen LogP contribution is 2.32. The lowest BCUT2D eigenvalue weighted by atomic mass is 10.2. The first-order valence-corrected chi connectivity index (χ1v) is 7.89. The third-order valence-electron chi connectivity index (χ3n) is 3.01. The fraction of sp³-hybridized carbons (Fsp3) is 0.0667. The van der Waals surface area contributed by atoms with Gasteiger partial charge in [-0.15, -0.1) is 11.8 Å². The number of benzene rings is 2. The average Bonchev–Trinajstić information content (AvgIpc) is 2.47. The van der Waals surface area contributed by atoms with Crippen molar-refractivity contribution in [3.63, 3.8) is 0 Å². The Labute approximate surface area is 129 Å². The molecule has 0 fully saturated rings. The lowest BCUT2D eigenvalue weighted by Crippen LogP contribution is -1.94. The van der Waals surface area contributed by atoms with Crippen molar-refractivity contribution in [1.82, 2.24) is 9.97 Å². The second-order valence-electron chi connectivity index (χ2n) is 4.29. The van der Waals surface area contributed by atoms with E-state index in [2.05, 4.69) is 25.9 Å². The molecule has 3 nitrogen and oxygen atoms in total. The molecule has 0 unspecified atom stereocenters. The zero-order valence-electron chi connectivity index (χ0n) is 10.6. The zero-order valence-corrected chi connectivity index (χ0v) is 13.0. The molecule has 0 aliphatic carbocycles. The van der Waals surface area contributed by atoms with Crippen molar-refractivity contribution in [3.8, 4) is 0 Å². The summed E-state index contributed by atoms with van der Waals surface area (Å²) in [6.07, 6.45) is 1.61. The molecule has 1 aromatic heterocycles. The van der Waals surface area contributed by atoms with E-state index < -0.39 is 0 Å². The van der Waals surface area contributed by atoms with Crippen LogP contribution in [0.1, 0.15) is 5.56 Å². The lowest BCUT2D eigenvalue weighted by molar-refractivity contribution is 1.10. The number of halogens is 1. The van der Waals surface area contributed by atoms with Crippen LogP contribution in [-0.4, -0.2) is 9.97 Å². The molecule has 5 heteroatoms. The van der Waals surface area contributed by atoms with Crippen molar-refractivity contribution in [2.75, 3.05) is 5.73 Å². The first kappa shape index (κ1) is 13.4. The van der Waals surface area contributed by atoms with Gasteiger partial charge in [0.1, 0.15) is 11.4 Å². The SMILES string of the molecule is Nc1cccc(Br)c1CSc1ncnc2ccccc12. The van der Waals surface area contributed by atoms with Gasteiger partial charge in [0, 0.05) is 21.3 Å². The van der Waals surface area contributed by atoms with Crippen molar-refractivity contribution in [1.29, 1.82) is 0 Å². The maximum absolute atomic E-state index is 6.02. The van der Waals surface area contributed by atoms with Crippen molar-refractivity contribution < 1.29 is 0 Å². The summed E-state index contributed by atoms with van der Waals surface area (Å²) in [5.74, 6) is 0.772. The highest BCUT2D eigenvalue weighted by molar-refractivity contribution is 9.10. The molecular weight excluding hydrogens is 334 g/mol. The molecule has 0 spiro atoms. The molecule has 0 atom stereocenters. The summed E-state index contributed by atoms with van der Waals surface area (Å²) in [6, 6.07) is 13.9. The van der Waals surface area contributed by atoms with Crippen LogP contribution in [0.4, 0.5) is 5.69 Å². The number of nitrogens with two attached hydrogens (primary N) is 1. The maximum Gasteiger partial charge on any atom is 0.117 e. The van der Waals surface area contributed by atoms with Crippen molar-refractivity contribution in [3.05, 3.63) is 58.8 Å². The predicted octanol–water partition coefficient (Wildman–Crippen LogP) is 4.27. The van der Waals surface area contributed by atoms with E-state index in [0.717, 1.165) is 37.4 Å². The normalized spacial score (nSPS) is 10.8. The summed E-state index contributed by atoms with van der Waals surface area (Å²) < 4.78 is 1.03. The van der Waals surface area contributed by atoms with Crippen molar-refractivity contribution in [2.24, 2.45) is 0 Å². The molecule has 0 amide bonds. The smallest absolute Gasteiger partial charge is 0.117 e. The number of hydrogen-bond donors (Lipinski definition) is 1. The third kappa shape index (κ3) is 2.64. The Hall–Kier alpha value is -1.59. The van der Waals surface area contributed by atoms with Crippen LogP contribution < -0.4 is 5.73 Å². The molecule has 0 saturated heterocycles. The number of hydrogen-bond acceptors (Lipinski definition) is 4. The number of thioether (sulfide) groups is 1. The Balaban J connectivity index is 1.91. The topological polar surface area (TPSA) is 51.8 Å². The van der Waals surface area contributed by atoms with E-state index in [9.17, 15) is 0 Å². The minimum absolute atomic E-state index is 0.772. The Kier molecular flexibility index (Phi) is 3.89. The van der Waals surface area contributed by atoms with Gasteiger partial charge in [-0.3, -0.25) is 0 Å². The van der Waals surface area contributed by atoms with E-state index in [1.807, 2.05) is 42.5 Å². The highest BCUT2D eigenvalue weighted by atomic mass is 79.9. The predicted molar refractivity (Wildman–Crippen MR) is 87.7 cm³/mol. The van der Waals surface area contributed by atoms with Crippen LogP contribution in [0.5, 0.6) is 0 Å². The second kappa shape index (κ2) is 5.81. The Morgan fingerprint density at radius 1 is 1.05 bits per heavy atom. The van der Waals surface area contributed by atoms with E-state index in [0.29, 0.717) is 0 Å². The summed E-state index contributed by atoms with van der Waals surface area (Å²) in [5.41, 5.74) is 8.88. The molecule has 0 radical (unpaired) electrons. The second-order valence-corrected chi connectivity index (χ2v) is 6.11. The summed E-state index contributed by atoms with van der Waals surface area (Å²) in [5, 5.41) is 2.05. The molecule has 3 aromatic rings. The standard InChI is InChI=1S/C15H12BrN3S/c16-12-5-3-6-13(17)11(12)8-20-15-10-4-1-2-7-14(10)18-9-19-15/h1-7,9H,8,17H2. The summed E-state index contributed by atoms with van der Waals surface area (Å²) in [6.45, 7) is 0. The van der Waals surface area contributed by atoms with Gasteiger partial charge in [0.25, 0.3) is 0 Å². The van der Waals surface area contributed by atoms with Crippen LogP contribution in [0.2, 0.25) is 0 Å². The number of anilines is 1. The lowest BCUT2D eigenvalue weighted by Gasteiger charge is -2.08. The van der Waals surface area contributed by atoms with Gasteiger partial charge < -0.3 is 5.73 Å². The van der Waals surface area contributed by atoms with Crippen molar-refractivity contribution >= 4 is 44.3 Å². The number of fused-ring (bicyclic) bond motifs is 1. The van der Waals surface area contributed by atoms with Crippen LogP contribution >= 0.6 is 27.7 Å². The molecule has 2 aromatic carbocycles. The van der Waals surface area contributed by atoms with Gasteiger partial charge >= 0.3 is 0 Å². The Bertz CT molecular complexity index is 735. The van der Waals surface area contributed by atoms with E-state index in [1.54, 1.807) is 18.1 Å². The van der Waals surface area contributed by atoms with Crippen LogP contribution in [-0.2, 0) is 5.75 Å². The number of aromatic nitrogens is 2. The van der Waals surface area contributed by atoms with Crippen LogP contribution in [0.15, 0.2) is 58.3 Å². The molecule has 3 rings (SSSR count). The number of para-hydroxylation sites is 1. The molecule has 2 N–H and O–H groups in total. The molecule has 0 bridgehead atoms. The average molecular weight is 346 g/mol. The third-order valence-corrected chi connectivity index (χ3v) is 4.79. The van der Waals surface area contributed by atoms with Crippen LogP contribution in [0, 0.1) is 0 Å². The molecular formula is C15H12BrN3S. The largest absolute Gasteiger partial charge is 0.398 e. The van der Waals surface area contributed by atoms with Gasteiger partial charge in [-0.25, -0.2) is 9.97 Å². The molecule has 0 aliphatic rings. The molecule has 0 saturated carbocycles. The summed E-state index contributed by atoms with van der Waals surface area (Å²) in [4.78, 5) is 8.65. The van der Waals surface area contributed by atoms with Gasteiger partial charge in [0.15, 0.2) is 0 Å². The Morgan fingerprint density at radius 2 is 1.90 bits per heavy atom. The van der Waals surface area contributed by atoms with E-state index in [1.165, 1.54) is 0 Å². The van der Waals surface area contributed by atoms with Crippen molar-refractivity contribution in [2.45, 2.75) is 10.8 Å². The fourth-order valence-electron chi connectivity index (χ4n) is 1.96. The van der Waals surface area contributed by atoms with Gasteiger partial charge in [-0.1, -0.05) is 40.2 Å². The van der Waals surface area contributed by atoms with Gasteiger partial charge in [0.2, 0.25) is 0 Å². The van der Waals surface area contributed by atoms with Crippen LogP contribution in [0.3, 0.4) is 0 Å². The number of rotatable bonds is 3. The first-order valence-electron chi connectivity index (χ1n) is 6.11. The van der Waals surface area contributed by atoms with E-state index in [4.69, 9.17) is 5.73 Å². The van der Waals surface area contributed by atoms with E-state index in [-0.39, 0.29) is 0 Å². The summed E-state index contributed by atoms with van der Waals surface area (Å²) in [7, 11) is 0. The molecule has 20 heavy (non-hydrogen) atoms. The fourth-order valence-corrected chi connectivity index (χ4v) is 3.72.